The molecule has 23 heavy (non-hydrogen) atoms. The summed E-state index contributed by atoms with van der Waals surface area (Å²) in [6, 6.07) is 3.70. The lowest BCUT2D eigenvalue weighted by Gasteiger charge is -2.13. The third-order valence-corrected chi connectivity index (χ3v) is 4.85. The van der Waals surface area contributed by atoms with Crippen molar-refractivity contribution in [1.29, 1.82) is 0 Å². The van der Waals surface area contributed by atoms with Crippen LogP contribution in [0.3, 0.4) is 0 Å². The molecule has 0 atom stereocenters. The smallest absolute Gasteiger partial charge is 0.405 e. The number of carboxylic acid groups (broad SMARTS) is 1. The quantitative estimate of drug-likeness (QED) is 0.788. The molecule has 0 saturated heterocycles. The molecule has 0 fully saturated rings. The number of hydrogen-bond acceptors (Lipinski definition) is 7. The van der Waals surface area contributed by atoms with Crippen molar-refractivity contribution in [2.24, 2.45) is 0 Å². The molecule has 0 aliphatic carbocycles. The van der Waals surface area contributed by atoms with E-state index in [2.05, 4.69) is 10.3 Å². The number of carbonyl (C=O) groups is 1. The Morgan fingerprint density at radius 1 is 1.26 bits per heavy atom. The molecule has 1 aromatic heterocycles. The summed E-state index contributed by atoms with van der Waals surface area (Å²) in [4.78, 5) is 15.6. The van der Waals surface area contributed by atoms with Gasteiger partial charge in [-0.2, -0.15) is 0 Å². The highest BCUT2D eigenvalue weighted by atomic mass is 32.2. The zero-order chi connectivity index (χ0) is 16.8. The molecular formula is C14H16N2O5S2. The molecule has 124 valence electrons. The van der Waals surface area contributed by atoms with E-state index in [0.29, 0.717) is 22.3 Å². The molecule has 0 saturated carbocycles. The van der Waals surface area contributed by atoms with Gasteiger partial charge in [-0.1, -0.05) is 11.8 Å². The van der Waals surface area contributed by atoms with Crippen LogP contribution in [0.15, 0.2) is 27.4 Å². The van der Waals surface area contributed by atoms with Crippen molar-refractivity contribution >= 4 is 29.2 Å². The second kappa shape index (κ2) is 7.93. The Labute approximate surface area is 141 Å². The van der Waals surface area contributed by atoms with Crippen LogP contribution in [-0.4, -0.2) is 37.5 Å². The molecule has 0 radical (unpaired) electrons. The summed E-state index contributed by atoms with van der Waals surface area (Å²) in [5, 5.41) is 11.6. The van der Waals surface area contributed by atoms with E-state index < -0.39 is 6.09 Å². The first-order chi connectivity index (χ1) is 11.1. The van der Waals surface area contributed by atoms with E-state index in [9.17, 15) is 4.79 Å². The molecule has 2 rings (SSSR count). The Hall–Kier alpha value is -2.13. The van der Waals surface area contributed by atoms with Crippen LogP contribution in [0, 0.1) is 0 Å². The molecular weight excluding hydrogens is 340 g/mol. The average molecular weight is 356 g/mol. The van der Waals surface area contributed by atoms with E-state index in [1.54, 1.807) is 27.5 Å². The van der Waals surface area contributed by atoms with Crippen molar-refractivity contribution in [3.8, 4) is 17.2 Å². The zero-order valence-corrected chi connectivity index (χ0v) is 14.4. The number of nitrogens with zero attached hydrogens (tertiary/aromatic N) is 1. The van der Waals surface area contributed by atoms with E-state index in [0.717, 1.165) is 9.10 Å². The van der Waals surface area contributed by atoms with Gasteiger partial charge in [-0.05, 0) is 12.1 Å². The number of ether oxygens (including phenoxy) is 3. The van der Waals surface area contributed by atoms with Crippen molar-refractivity contribution in [3.63, 3.8) is 0 Å². The Bertz CT molecular complexity index is 665. The Morgan fingerprint density at radius 3 is 2.43 bits per heavy atom. The summed E-state index contributed by atoms with van der Waals surface area (Å²) >= 11 is 2.91. The number of rotatable bonds is 7. The zero-order valence-electron chi connectivity index (χ0n) is 12.8. The molecule has 1 aromatic carbocycles. The summed E-state index contributed by atoms with van der Waals surface area (Å²) in [5.74, 6) is 1.69. The number of methoxy groups -OCH3 is 3. The molecule has 0 unspecified atom stereocenters. The molecule has 1 heterocycles. The summed E-state index contributed by atoms with van der Waals surface area (Å²) < 4.78 is 16.9. The Kier molecular flexibility index (Phi) is 5.94. The molecule has 0 bridgehead atoms. The second-order valence-corrected chi connectivity index (χ2v) is 6.68. The monoisotopic (exact) mass is 356 g/mol. The van der Waals surface area contributed by atoms with E-state index in [1.165, 1.54) is 23.1 Å². The normalized spacial score (nSPS) is 10.2. The van der Waals surface area contributed by atoms with E-state index in [-0.39, 0.29) is 6.54 Å². The van der Waals surface area contributed by atoms with Crippen LogP contribution in [-0.2, 0) is 6.54 Å². The maximum Gasteiger partial charge on any atom is 0.405 e. The number of aromatic nitrogens is 1. The average Bonchev–Trinajstić information content (AvgIpc) is 2.99. The fourth-order valence-electron chi connectivity index (χ4n) is 1.81. The lowest BCUT2D eigenvalue weighted by atomic mass is 10.3. The van der Waals surface area contributed by atoms with Crippen LogP contribution in [0.5, 0.6) is 17.2 Å². The molecule has 9 heteroatoms. The third-order valence-electron chi connectivity index (χ3n) is 2.78. The highest BCUT2D eigenvalue weighted by Gasteiger charge is 2.14. The molecule has 2 aromatic rings. The van der Waals surface area contributed by atoms with E-state index in [1.807, 2.05) is 12.1 Å². The number of benzene rings is 1. The highest BCUT2D eigenvalue weighted by Crippen LogP contribution is 2.43. The van der Waals surface area contributed by atoms with Crippen molar-refractivity contribution in [1.82, 2.24) is 10.3 Å². The first kappa shape index (κ1) is 17.2. The summed E-state index contributed by atoms with van der Waals surface area (Å²) in [6.07, 6.45) is 0.635. The number of thiazole rings is 1. The van der Waals surface area contributed by atoms with Crippen molar-refractivity contribution in [2.45, 2.75) is 15.6 Å². The predicted octanol–water partition coefficient (Wildman–Crippen LogP) is 3.09. The van der Waals surface area contributed by atoms with Gasteiger partial charge in [-0.15, -0.1) is 11.3 Å². The lowest BCUT2D eigenvalue weighted by molar-refractivity contribution is 0.194. The maximum absolute atomic E-state index is 10.5. The van der Waals surface area contributed by atoms with Crippen LogP contribution >= 0.6 is 23.1 Å². The van der Waals surface area contributed by atoms with Gasteiger partial charge in [0.25, 0.3) is 0 Å². The molecule has 0 aliphatic rings. The number of hydrogen-bond donors (Lipinski definition) is 2. The van der Waals surface area contributed by atoms with Gasteiger partial charge >= 0.3 is 6.09 Å². The SMILES string of the molecule is COc1cc(Sc2cnc(CNC(=O)O)s2)cc(OC)c1OC. The van der Waals surface area contributed by atoms with Crippen LogP contribution in [0.1, 0.15) is 5.01 Å². The van der Waals surface area contributed by atoms with Crippen LogP contribution in [0.4, 0.5) is 4.79 Å². The molecule has 1 amide bonds. The Balaban J connectivity index is 2.18. The largest absolute Gasteiger partial charge is 0.493 e. The fourth-order valence-corrected chi connectivity index (χ4v) is 3.81. The van der Waals surface area contributed by atoms with Gasteiger partial charge in [0, 0.05) is 4.90 Å². The van der Waals surface area contributed by atoms with Gasteiger partial charge in [0.05, 0.1) is 38.3 Å². The van der Waals surface area contributed by atoms with Gasteiger partial charge in [-0.3, -0.25) is 0 Å². The van der Waals surface area contributed by atoms with Crippen LogP contribution in [0.2, 0.25) is 0 Å². The van der Waals surface area contributed by atoms with Gasteiger partial charge in [0.2, 0.25) is 5.75 Å². The lowest BCUT2D eigenvalue weighted by Crippen LogP contribution is -2.19. The number of nitrogens with one attached hydrogen (secondary N) is 1. The standard InChI is InChI=1S/C14H16N2O5S2/c1-19-9-4-8(5-10(20-2)13(9)21-3)22-12-7-15-11(23-12)6-16-14(17)18/h4-5,7,16H,6H2,1-3H3,(H,17,18). The predicted molar refractivity (Wildman–Crippen MR) is 87.2 cm³/mol. The minimum Gasteiger partial charge on any atom is -0.493 e. The summed E-state index contributed by atoms with van der Waals surface area (Å²) in [7, 11) is 4.68. The fraction of sp³-hybridized carbons (Fsp3) is 0.286. The summed E-state index contributed by atoms with van der Waals surface area (Å²) in [5.41, 5.74) is 0. The first-order valence-electron chi connectivity index (χ1n) is 6.46. The van der Waals surface area contributed by atoms with E-state index in [4.69, 9.17) is 19.3 Å². The van der Waals surface area contributed by atoms with Crippen molar-refractivity contribution < 1.29 is 24.1 Å². The highest BCUT2D eigenvalue weighted by molar-refractivity contribution is 8.01. The van der Waals surface area contributed by atoms with Gasteiger partial charge in [0.15, 0.2) is 11.5 Å². The second-order valence-electron chi connectivity index (χ2n) is 4.19. The molecule has 0 spiro atoms. The topological polar surface area (TPSA) is 89.9 Å². The van der Waals surface area contributed by atoms with E-state index >= 15 is 0 Å². The molecule has 7 nitrogen and oxygen atoms in total. The molecule has 0 aliphatic heterocycles. The molecule has 2 N–H and O–H groups in total. The maximum atomic E-state index is 10.5. The Morgan fingerprint density at radius 2 is 1.91 bits per heavy atom. The van der Waals surface area contributed by atoms with Gasteiger partial charge in [-0.25, -0.2) is 9.78 Å². The minimum absolute atomic E-state index is 0.190. The minimum atomic E-state index is -1.07. The van der Waals surface area contributed by atoms with Crippen molar-refractivity contribution in [2.75, 3.05) is 21.3 Å². The number of amides is 1. The van der Waals surface area contributed by atoms with Gasteiger partial charge in [0.1, 0.15) is 5.01 Å². The van der Waals surface area contributed by atoms with Gasteiger partial charge < -0.3 is 24.6 Å². The first-order valence-corrected chi connectivity index (χ1v) is 8.10. The summed E-state index contributed by atoms with van der Waals surface area (Å²) in [6.45, 7) is 0.190. The van der Waals surface area contributed by atoms with Crippen molar-refractivity contribution in [3.05, 3.63) is 23.3 Å². The third kappa shape index (κ3) is 4.42. The van der Waals surface area contributed by atoms with Crippen LogP contribution in [0.25, 0.3) is 0 Å². The van der Waals surface area contributed by atoms with Crippen LogP contribution < -0.4 is 19.5 Å².